The highest BCUT2D eigenvalue weighted by Gasteiger charge is 2.39. The summed E-state index contributed by atoms with van der Waals surface area (Å²) < 4.78 is 25.1. The smallest absolute Gasteiger partial charge is 0.305 e. The van der Waals surface area contributed by atoms with Crippen LogP contribution in [-0.2, 0) is 14.8 Å². The van der Waals surface area contributed by atoms with Gasteiger partial charge in [0.25, 0.3) is 0 Å². The van der Waals surface area contributed by atoms with Gasteiger partial charge in [-0.05, 0) is 19.1 Å². The van der Waals surface area contributed by atoms with Gasteiger partial charge in [-0.1, -0.05) is 18.2 Å². The maximum absolute atomic E-state index is 11.9. The number of aliphatic carboxylic acids is 1. The van der Waals surface area contributed by atoms with Gasteiger partial charge in [-0.3, -0.25) is 4.79 Å². The van der Waals surface area contributed by atoms with Crippen molar-refractivity contribution in [2.45, 2.75) is 25.4 Å². The van der Waals surface area contributed by atoms with Crippen LogP contribution in [0.3, 0.4) is 0 Å². The minimum Gasteiger partial charge on any atom is -0.481 e. The van der Waals surface area contributed by atoms with Crippen LogP contribution in [0.4, 0.5) is 5.69 Å². The predicted molar refractivity (Wildman–Crippen MR) is 80.8 cm³/mol. The van der Waals surface area contributed by atoms with E-state index in [0.717, 1.165) is 11.9 Å². The van der Waals surface area contributed by atoms with Crippen molar-refractivity contribution in [1.82, 2.24) is 4.31 Å². The lowest BCUT2D eigenvalue weighted by Crippen LogP contribution is -2.60. The summed E-state index contributed by atoms with van der Waals surface area (Å²) in [4.78, 5) is 13.2. The number of carboxylic acid groups (broad SMARTS) is 1. The molecule has 7 heteroatoms. The van der Waals surface area contributed by atoms with Crippen LogP contribution in [0.15, 0.2) is 30.3 Å². The van der Waals surface area contributed by atoms with E-state index < -0.39 is 22.0 Å². The predicted octanol–water partition coefficient (Wildman–Crippen LogP) is 1.00. The number of hydrogen-bond donors (Lipinski definition) is 1. The van der Waals surface area contributed by atoms with E-state index in [1.165, 1.54) is 4.31 Å². The van der Waals surface area contributed by atoms with Crippen LogP contribution in [-0.4, -0.2) is 55.2 Å². The van der Waals surface area contributed by atoms with Crippen LogP contribution in [0.25, 0.3) is 0 Å². The van der Waals surface area contributed by atoms with E-state index in [2.05, 4.69) is 4.90 Å². The molecule has 0 bridgehead atoms. The Balaban J connectivity index is 2.31. The molecule has 1 heterocycles. The molecule has 6 nitrogen and oxygen atoms in total. The first-order valence-corrected chi connectivity index (χ1v) is 8.66. The molecule has 0 aliphatic carbocycles. The van der Waals surface area contributed by atoms with Crippen LogP contribution in [0, 0.1) is 0 Å². The largest absolute Gasteiger partial charge is 0.481 e. The van der Waals surface area contributed by atoms with Gasteiger partial charge < -0.3 is 10.0 Å². The number of anilines is 1. The number of rotatable bonds is 4. The number of hydrogen-bond acceptors (Lipinski definition) is 4. The number of piperazine rings is 1. The fourth-order valence-electron chi connectivity index (χ4n) is 2.87. The first kappa shape index (κ1) is 15.8. The van der Waals surface area contributed by atoms with Crippen molar-refractivity contribution in [3.05, 3.63) is 30.3 Å². The molecular formula is C14H20N2O4S. The number of carboxylic acids is 1. The second-order valence-electron chi connectivity index (χ2n) is 5.31. The third kappa shape index (κ3) is 3.54. The molecule has 1 saturated heterocycles. The van der Waals surface area contributed by atoms with Gasteiger partial charge in [-0.2, -0.15) is 4.31 Å². The molecule has 1 fully saturated rings. The van der Waals surface area contributed by atoms with Crippen LogP contribution in [0.5, 0.6) is 0 Å². The molecule has 2 atom stereocenters. The lowest BCUT2D eigenvalue weighted by molar-refractivity contribution is -0.138. The Labute approximate surface area is 125 Å². The molecule has 0 aromatic heterocycles. The molecule has 21 heavy (non-hydrogen) atoms. The van der Waals surface area contributed by atoms with Crippen LogP contribution in [0.1, 0.15) is 13.3 Å². The van der Waals surface area contributed by atoms with E-state index in [4.69, 9.17) is 5.11 Å². The second kappa shape index (κ2) is 6.03. The molecule has 0 radical (unpaired) electrons. The average Bonchev–Trinajstić information content (AvgIpc) is 2.40. The Morgan fingerprint density at radius 1 is 1.29 bits per heavy atom. The minimum absolute atomic E-state index is 0.197. The monoisotopic (exact) mass is 312 g/mol. The third-order valence-electron chi connectivity index (χ3n) is 3.88. The fourth-order valence-corrected chi connectivity index (χ4v) is 4.03. The third-order valence-corrected chi connectivity index (χ3v) is 5.18. The number of para-hydroxylation sites is 1. The number of benzene rings is 1. The normalized spacial score (nSPS) is 24.0. The van der Waals surface area contributed by atoms with Gasteiger partial charge in [0.1, 0.15) is 0 Å². The number of sulfonamides is 1. The van der Waals surface area contributed by atoms with Crippen LogP contribution >= 0.6 is 0 Å². The zero-order valence-corrected chi connectivity index (χ0v) is 13.0. The van der Waals surface area contributed by atoms with Crippen molar-refractivity contribution in [2.75, 3.05) is 24.2 Å². The molecule has 0 saturated carbocycles. The van der Waals surface area contributed by atoms with Gasteiger partial charge >= 0.3 is 5.97 Å². The molecule has 0 unspecified atom stereocenters. The van der Waals surface area contributed by atoms with Crippen molar-refractivity contribution in [2.24, 2.45) is 0 Å². The van der Waals surface area contributed by atoms with Crippen LogP contribution in [0.2, 0.25) is 0 Å². The number of nitrogens with zero attached hydrogens (tertiary/aromatic N) is 2. The van der Waals surface area contributed by atoms with E-state index in [1.54, 1.807) is 0 Å². The Kier molecular flexibility index (Phi) is 4.53. The van der Waals surface area contributed by atoms with Crippen molar-refractivity contribution >= 4 is 21.7 Å². The fraction of sp³-hybridized carbons (Fsp3) is 0.500. The summed E-state index contributed by atoms with van der Waals surface area (Å²) in [6.07, 6.45) is 0.935. The first-order chi connectivity index (χ1) is 9.80. The van der Waals surface area contributed by atoms with Gasteiger partial charge in [0.05, 0.1) is 18.7 Å². The molecule has 116 valence electrons. The Morgan fingerprint density at radius 2 is 1.90 bits per heavy atom. The van der Waals surface area contributed by atoms with Gasteiger partial charge in [0, 0.05) is 24.8 Å². The molecule has 0 amide bonds. The summed E-state index contributed by atoms with van der Waals surface area (Å²) in [7, 11) is -3.42. The summed E-state index contributed by atoms with van der Waals surface area (Å²) in [5, 5.41) is 9.08. The van der Waals surface area contributed by atoms with Crippen molar-refractivity contribution in [3.8, 4) is 0 Å². The molecule has 1 aromatic rings. The Morgan fingerprint density at radius 3 is 2.43 bits per heavy atom. The summed E-state index contributed by atoms with van der Waals surface area (Å²) in [6.45, 7) is 2.72. The summed E-state index contributed by atoms with van der Waals surface area (Å²) in [5.74, 6) is -0.990. The van der Waals surface area contributed by atoms with Crippen molar-refractivity contribution in [3.63, 3.8) is 0 Å². The molecule has 1 aliphatic rings. The lowest BCUT2D eigenvalue weighted by Gasteiger charge is -2.45. The van der Waals surface area contributed by atoms with E-state index >= 15 is 0 Å². The SMILES string of the molecule is C[C@@H]1[C@@H](CC(=O)O)N(S(C)(=O)=O)CCN1c1ccccc1. The highest BCUT2D eigenvalue weighted by atomic mass is 32.2. The average molecular weight is 312 g/mol. The van der Waals surface area contributed by atoms with E-state index in [1.807, 2.05) is 37.3 Å². The zero-order valence-electron chi connectivity index (χ0n) is 12.1. The summed E-state index contributed by atoms with van der Waals surface area (Å²) in [5.41, 5.74) is 0.980. The van der Waals surface area contributed by atoms with Gasteiger partial charge in [-0.15, -0.1) is 0 Å². The maximum Gasteiger partial charge on any atom is 0.305 e. The Bertz CT molecular complexity index is 603. The van der Waals surface area contributed by atoms with Crippen molar-refractivity contribution < 1.29 is 18.3 Å². The quantitative estimate of drug-likeness (QED) is 0.897. The van der Waals surface area contributed by atoms with Gasteiger partial charge in [-0.25, -0.2) is 8.42 Å². The molecule has 2 rings (SSSR count). The topological polar surface area (TPSA) is 77.9 Å². The highest BCUT2D eigenvalue weighted by Crippen LogP contribution is 2.27. The second-order valence-corrected chi connectivity index (χ2v) is 7.24. The lowest BCUT2D eigenvalue weighted by atomic mass is 10.0. The Hall–Kier alpha value is -1.60. The zero-order chi connectivity index (χ0) is 15.6. The molecule has 0 spiro atoms. The van der Waals surface area contributed by atoms with E-state index in [9.17, 15) is 13.2 Å². The maximum atomic E-state index is 11.9. The van der Waals surface area contributed by atoms with Crippen LogP contribution < -0.4 is 4.90 Å². The summed E-state index contributed by atoms with van der Waals surface area (Å²) in [6, 6.07) is 8.87. The summed E-state index contributed by atoms with van der Waals surface area (Å²) >= 11 is 0. The molecule has 1 aromatic carbocycles. The van der Waals surface area contributed by atoms with E-state index in [0.29, 0.717) is 13.1 Å². The van der Waals surface area contributed by atoms with Crippen molar-refractivity contribution in [1.29, 1.82) is 0 Å². The number of carbonyl (C=O) groups is 1. The first-order valence-electron chi connectivity index (χ1n) is 6.81. The molecule has 1 aliphatic heterocycles. The standard InChI is InChI=1S/C14H20N2O4S/c1-11-13(10-14(17)18)16(21(2,19)20)9-8-15(11)12-6-4-3-5-7-12/h3-7,11,13H,8-10H2,1-2H3,(H,17,18)/t11-,13-/m1/s1. The molecule has 1 N–H and O–H groups in total. The molecular weight excluding hydrogens is 292 g/mol. The van der Waals surface area contributed by atoms with E-state index in [-0.39, 0.29) is 12.5 Å². The van der Waals surface area contributed by atoms with Gasteiger partial charge in [0.2, 0.25) is 10.0 Å². The highest BCUT2D eigenvalue weighted by molar-refractivity contribution is 7.88. The minimum atomic E-state index is -3.42. The van der Waals surface area contributed by atoms with Gasteiger partial charge in [0.15, 0.2) is 0 Å².